The molecular formula is C13H24O10. The van der Waals surface area contributed by atoms with Gasteiger partial charge in [-0.15, -0.1) is 0 Å². The Kier molecular flexibility index (Phi) is 6.30. The second-order valence-corrected chi connectivity index (χ2v) is 5.88. The summed E-state index contributed by atoms with van der Waals surface area (Å²) in [5.41, 5.74) is 0. The lowest BCUT2D eigenvalue weighted by Gasteiger charge is -2.42. The van der Waals surface area contributed by atoms with Crippen LogP contribution in [0.4, 0.5) is 0 Å². The molecular weight excluding hydrogens is 316 g/mol. The zero-order valence-electron chi connectivity index (χ0n) is 12.5. The van der Waals surface area contributed by atoms with Crippen molar-refractivity contribution in [1.82, 2.24) is 0 Å². The minimum atomic E-state index is -1.57. The fourth-order valence-electron chi connectivity index (χ4n) is 2.67. The SMILES string of the molecule is C[C@@H]1OC(CO[C@@H]2OC(CO)[C@H](O)[C@H](O)C2O)[C@@H](O)[C@H](O)C1O. The standard InChI is InChI=1S/C13H24O10/c1-4-7(15)10(18)9(17)6(22-4)3-21-13-12(20)11(19)8(16)5(2-14)23-13/h4-20H,2-3H2,1H3/t4-,5?,6?,7?,8-,9+,10+,11-,12?,13+/m0/s1. The lowest BCUT2D eigenvalue weighted by Crippen LogP contribution is -2.61. The van der Waals surface area contributed by atoms with Crippen molar-refractivity contribution in [3.8, 4) is 0 Å². The molecule has 10 nitrogen and oxygen atoms in total. The van der Waals surface area contributed by atoms with Gasteiger partial charge < -0.3 is 50.0 Å². The molecule has 0 amide bonds. The zero-order valence-corrected chi connectivity index (χ0v) is 12.5. The van der Waals surface area contributed by atoms with E-state index in [1.807, 2.05) is 0 Å². The summed E-state index contributed by atoms with van der Waals surface area (Å²) in [5.74, 6) is 0. The van der Waals surface area contributed by atoms with E-state index < -0.39 is 67.8 Å². The van der Waals surface area contributed by atoms with E-state index >= 15 is 0 Å². The molecule has 10 heteroatoms. The molecule has 0 aromatic heterocycles. The quantitative estimate of drug-likeness (QED) is 0.265. The lowest BCUT2D eigenvalue weighted by atomic mass is 9.96. The minimum absolute atomic E-state index is 0.308. The van der Waals surface area contributed by atoms with Crippen molar-refractivity contribution in [3.63, 3.8) is 0 Å². The highest BCUT2D eigenvalue weighted by Crippen LogP contribution is 2.25. The zero-order chi connectivity index (χ0) is 17.3. The van der Waals surface area contributed by atoms with E-state index in [-0.39, 0.29) is 6.61 Å². The molecule has 0 bridgehead atoms. The third kappa shape index (κ3) is 3.82. The number of ether oxygens (including phenoxy) is 3. The van der Waals surface area contributed by atoms with Gasteiger partial charge >= 0.3 is 0 Å². The third-order valence-electron chi connectivity index (χ3n) is 4.22. The first kappa shape index (κ1) is 18.9. The van der Waals surface area contributed by atoms with Gasteiger partial charge in [-0.2, -0.15) is 0 Å². The molecule has 0 aromatic carbocycles. The van der Waals surface area contributed by atoms with Crippen LogP contribution >= 0.6 is 0 Å². The maximum atomic E-state index is 9.87. The highest BCUT2D eigenvalue weighted by molar-refractivity contribution is 4.92. The monoisotopic (exact) mass is 340 g/mol. The van der Waals surface area contributed by atoms with Gasteiger partial charge in [-0.1, -0.05) is 0 Å². The summed E-state index contributed by atoms with van der Waals surface area (Å²) < 4.78 is 15.7. The predicted octanol–water partition coefficient (Wildman–Crippen LogP) is -4.33. The first-order chi connectivity index (χ1) is 10.8. The fraction of sp³-hybridized carbons (Fsp3) is 1.00. The Labute approximate surface area is 132 Å². The van der Waals surface area contributed by atoms with Gasteiger partial charge in [0.15, 0.2) is 6.29 Å². The highest BCUT2D eigenvalue weighted by atomic mass is 16.7. The van der Waals surface area contributed by atoms with Crippen molar-refractivity contribution >= 4 is 0 Å². The Bertz CT molecular complexity index is 380. The van der Waals surface area contributed by atoms with E-state index in [0.717, 1.165) is 0 Å². The van der Waals surface area contributed by atoms with E-state index in [2.05, 4.69) is 0 Å². The first-order valence-electron chi connectivity index (χ1n) is 7.39. The van der Waals surface area contributed by atoms with Crippen LogP contribution in [0.25, 0.3) is 0 Å². The molecule has 2 fully saturated rings. The molecule has 23 heavy (non-hydrogen) atoms. The summed E-state index contributed by atoms with van der Waals surface area (Å²) in [5, 5.41) is 67.4. The molecule has 0 spiro atoms. The van der Waals surface area contributed by atoms with Gasteiger partial charge in [-0.05, 0) is 6.92 Å². The fourth-order valence-corrected chi connectivity index (χ4v) is 2.67. The molecule has 10 atom stereocenters. The molecule has 2 saturated heterocycles. The molecule has 2 aliphatic heterocycles. The summed E-state index contributed by atoms with van der Waals surface area (Å²) >= 11 is 0. The molecule has 2 heterocycles. The molecule has 4 unspecified atom stereocenters. The Balaban J connectivity index is 1.94. The molecule has 0 saturated carbocycles. The van der Waals surface area contributed by atoms with Crippen molar-refractivity contribution in [3.05, 3.63) is 0 Å². The van der Waals surface area contributed by atoms with Crippen molar-refractivity contribution in [2.24, 2.45) is 0 Å². The van der Waals surface area contributed by atoms with Gasteiger partial charge in [0.1, 0.15) is 48.8 Å². The Morgan fingerprint density at radius 2 is 1.30 bits per heavy atom. The molecule has 2 aliphatic rings. The predicted molar refractivity (Wildman–Crippen MR) is 72.1 cm³/mol. The average Bonchev–Trinajstić information content (AvgIpc) is 2.54. The third-order valence-corrected chi connectivity index (χ3v) is 4.22. The number of aliphatic hydroxyl groups is 7. The number of rotatable bonds is 4. The van der Waals surface area contributed by atoms with Gasteiger partial charge in [-0.25, -0.2) is 0 Å². The van der Waals surface area contributed by atoms with Crippen molar-refractivity contribution in [2.75, 3.05) is 13.2 Å². The highest BCUT2D eigenvalue weighted by Gasteiger charge is 2.46. The first-order valence-corrected chi connectivity index (χ1v) is 7.39. The van der Waals surface area contributed by atoms with E-state index in [1.54, 1.807) is 0 Å². The van der Waals surface area contributed by atoms with Crippen molar-refractivity contribution in [1.29, 1.82) is 0 Å². The average molecular weight is 340 g/mol. The van der Waals surface area contributed by atoms with Crippen LogP contribution in [-0.2, 0) is 14.2 Å². The van der Waals surface area contributed by atoms with Gasteiger partial charge in [-0.3, -0.25) is 0 Å². The van der Waals surface area contributed by atoms with Crippen LogP contribution in [0.2, 0.25) is 0 Å². The van der Waals surface area contributed by atoms with Gasteiger partial charge in [0.2, 0.25) is 0 Å². The molecule has 0 aromatic rings. The topological polar surface area (TPSA) is 169 Å². The molecule has 0 aliphatic carbocycles. The van der Waals surface area contributed by atoms with Crippen LogP contribution in [0.1, 0.15) is 6.92 Å². The van der Waals surface area contributed by atoms with Crippen molar-refractivity contribution < 1.29 is 50.0 Å². The van der Waals surface area contributed by atoms with Crippen molar-refractivity contribution in [2.45, 2.75) is 68.1 Å². The summed E-state index contributed by atoms with van der Waals surface area (Å²) in [4.78, 5) is 0. The van der Waals surface area contributed by atoms with E-state index in [4.69, 9.17) is 19.3 Å². The van der Waals surface area contributed by atoms with Gasteiger partial charge in [0.05, 0.1) is 19.3 Å². The largest absolute Gasteiger partial charge is 0.394 e. The van der Waals surface area contributed by atoms with E-state index in [1.165, 1.54) is 6.92 Å². The Hall–Kier alpha value is -0.400. The summed E-state index contributed by atoms with van der Waals surface area (Å²) in [6, 6.07) is 0. The van der Waals surface area contributed by atoms with Crippen LogP contribution in [0.15, 0.2) is 0 Å². The number of aliphatic hydroxyl groups excluding tert-OH is 7. The minimum Gasteiger partial charge on any atom is -0.394 e. The molecule has 0 radical (unpaired) electrons. The summed E-state index contributed by atoms with van der Waals surface area (Å²) in [6.45, 7) is 0.619. The maximum absolute atomic E-state index is 9.87. The normalized spacial score (nSPS) is 51.7. The van der Waals surface area contributed by atoms with E-state index in [9.17, 15) is 30.6 Å². The molecule has 7 N–H and O–H groups in total. The van der Waals surface area contributed by atoms with Gasteiger partial charge in [0, 0.05) is 0 Å². The van der Waals surface area contributed by atoms with Gasteiger partial charge in [0.25, 0.3) is 0 Å². The molecule has 136 valence electrons. The molecule has 2 rings (SSSR count). The number of hydrogen-bond donors (Lipinski definition) is 7. The second kappa shape index (κ2) is 7.66. The second-order valence-electron chi connectivity index (χ2n) is 5.88. The Morgan fingerprint density at radius 1 is 0.739 bits per heavy atom. The smallest absolute Gasteiger partial charge is 0.186 e. The van der Waals surface area contributed by atoms with Crippen LogP contribution in [0.5, 0.6) is 0 Å². The summed E-state index contributed by atoms with van der Waals surface area (Å²) in [6.07, 6.45) is -12.9. The maximum Gasteiger partial charge on any atom is 0.186 e. The van der Waals surface area contributed by atoms with Crippen LogP contribution < -0.4 is 0 Å². The summed E-state index contributed by atoms with van der Waals surface area (Å²) in [7, 11) is 0. The van der Waals surface area contributed by atoms with Crippen LogP contribution in [0, 0.1) is 0 Å². The van der Waals surface area contributed by atoms with E-state index in [0.29, 0.717) is 0 Å². The number of hydrogen-bond acceptors (Lipinski definition) is 10. The van der Waals surface area contributed by atoms with Crippen LogP contribution in [0.3, 0.4) is 0 Å². The van der Waals surface area contributed by atoms with Crippen LogP contribution in [-0.4, -0.2) is 110 Å². The Morgan fingerprint density at radius 3 is 1.91 bits per heavy atom. The lowest BCUT2D eigenvalue weighted by molar-refractivity contribution is -0.313.